The Hall–Kier alpha value is -2.48. The van der Waals surface area contributed by atoms with E-state index in [-0.39, 0.29) is 17.3 Å². The first-order valence-corrected chi connectivity index (χ1v) is 9.52. The van der Waals surface area contributed by atoms with Gasteiger partial charge in [0.05, 0.1) is 30.9 Å². The van der Waals surface area contributed by atoms with Gasteiger partial charge in [-0.05, 0) is 0 Å². The molecule has 3 heterocycles. The summed E-state index contributed by atoms with van der Waals surface area (Å²) >= 11 is 0.948. The molecule has 0 aliphatic rings. The van der Waals surface area contributed by atoms with Crippen LogP contribution >= 0.6 is 11.3 Å². The lowest BCUT2D eigenvalue weighted by atomic mass is 10.5. The minimum atomic E-state index is -4.74. The highest BCUT2D eigenvalue weighted by atomic mass is 32.2. The molecule has 9 nitrogen and oxygen atoms in total. The molecular formula is C12H11F3N6O3S2. The van der Waals surface area contributed by atoms with Gasteiger partial charge in [0.25, 0.3) is 5.89 Å². The largest absolute Gasteiger partial charge is 0.470 e. The molecule has 0 saturated carbocycles. The molecule has 0 N–H and O–H groups in total. The van der Waals surface area contributed by atoms with Gasteiger partial charge in [-0.15, -0.1) is 21.5 Å². The molecule has 0 fully saturated rings. The van der Waals surface area contributed by atoms with E-state index in [9.17, 15) is 21.6 Å². The fraction of sp³-hybridized carbons (Fsp3) is 0.333. The first-order valence-electron chi connectivity index (χ1n) is 6.86. The number of alkyl halides is 3. The SMILES string of the molecule is Cn1cc(N(Cc2ncc(-c3nnc(C(F)(F)F)o3)s2)S(C)(=O)=O)cn1. The predicted octanol–water partition coefficient (Wildman–Crippen LogP) is 1.91. The van der Waals surface area contributed by atoms with E-state index in [1.807, 2.05) is 0 Å². The summed E-state index contributed by atoms with van der Waals surface area (Å²) in [7, 11) is -1.99. The van der Waals surface area contributed by atoms with Gasteiger partial charge >= 0.3 is 12.1 Å². The zero-order valence-electron chi connectivity index (χ0n) is 13.3. The monoisotopic (exact) mass is 408 g/mol. The molecule has 26 heavy (non-hydrogen) atoms. The number of hydrogen-bond donors (Lipinski definition) is 0. The van der Waals surface area contributed by atoms with Crippen molar-refractivity contribution in [1.29, 1.82) is 0 Å². The Morgan fingerprint density at radius 2 is 2.04 bits per heavy atom. The van der Waals surface area contributed by atoms with E-state index in [0.29, 0.717) is 10.7 Å². The summed E-state index contributed by atoms with van der Waals surface area (Å²) in [6.45, 7) is -0.116. The zero-order chi connectivity index (χ0) is 19.1. The van der Waals surface area contributed by atoms with Crippen molar-refractivity contribution < 1.29 is 26.0 Å². The molecule has 0 spiro atoms. The molecule has 0 amide bonds. The topological polar surface area (TPSA) is 107 Å². The lowest BCUT2D eigenvalue weighted by Gasteiger charge is -2.18. The maximum Gasteiger partial charge on any atom is 0.470 e. The van der Waals surface area contributed by atoms with Crippen LogP contribution in [0.4, 0.5) is 18.9 Å². The molecule has 3 aromatic rings. The highest BCUT2D eigenvalue weighted by Crippen LogP contribution is 2.32. The molecule has 0 radical (unpaired) electrons. The second-order valence-electron chi connectivity index (χ2n) is 5.17. The minimum Gasteiger partial charge on any atom is -0.412 e. The van der Waals surface area contributed by atoms with Crippen molar-refractivity contribution in [3.63, 3.8) is 0 Å². The van der Waals surface area contributed by atoms with Crippen LogP contribution in [0.5, 0.6) is 0 Å². The molecule has 0 aromatic carbocycles. The van der Waals surface area contributed by atoms with Crippen LogP contribution in [0.1, 0.15) is 10.9 Å². The molecule has 0 bridgehead atoms. The summed E-state index contributed by atoms with van der Waals surface area (Å²) in [5.41, 5.74) is 0.337. The van der Waals surface area contributed by atoms with Gasteiger partial charge in [0.15, 0.2) is 0 Å². The van der Waals surface area contributed by atoms with Crippen molar-refractivity contribution in [2.45, 2.75) is 12.7 Å². The minimum absolute atomic E-state index is 0.116. The second-order valence-corrected chi connectivity index (χ2v) is 8.19. The summed E-state index contributed by atoms with van der Waals surface area (Å²) in [5, 5.41) is 10.5. The third-order valence-corrected chi connectivity index (χ3v) is 5.20. The van der Waals surface area contributed by atoms with Crippen molar-refractivity contribution in [3.8, 4) is 10.8 Å². The lowest BCUT2D eigenvalue weighted by Crippen LogP contribution is -2.28. The van der Waals surface area contributed by atoms with Gasteiger partial charge in [-0.1, -0.05) is 0 Å². The van der Waals surface area contributed by atoms with Gasteiger partial charge in [-0.3, -0.25) is 8.99 Å². The van der Waals surface area contributed by atoms with Gasteiger partial charge < -0.3 is 4.42 Å². The molecule has 3 aromatic heterocycles. The normalized spacial score (nSPS) is 12.5. The van der Waals surface area contributed by atoms with E-state index >= 15 is 0 Å². The lowest BCUT2D eigenvalue weighted by molar-refractivity contribution is -0.156. The van der Waals surface area contributed by atoms with Crippen LogP contribution in [-0.4, -0.2) is 39.6 Å². The quantitative estimate of drug-likeness (QED) is 0.635. The van der Waals surface area contributed by atoms with Crippen molar-refractivity contribution in [2.24, 2.45) is 7.05 Å². The molecule has 0 unspecified atom stereocenters. The van der Waals surface area contributed by atoms with E-state index in [0.717, 1.165) is 21.9 Å². The maximum atomic E-state index is 12.5. The van der Waals surface area contributed by atoms with E-state index in [4.69, 9.17) is 0 Å². The molecule has 140 valence electrons. The smallest absolute Gasteiger partial charge is 0.412 e. The number of halogens is 3. The van der Waals surface area contributed by atoms with Crippen LogP contribution in [-0.2, 0) is 29.8 Å². The van der Waals surface area contributed by atoms with E-state index in [1.165, 1.54) is 23.3 Å². The molecule has 14 heteroatoms. The summed E-state index contributed by atoms with van der Waals surface area (Å²) in [4.78, 5) is 4.22. The van der Waals surface area contributed by atoms with E-state index in [2.05, 4.69) is 24.7 Å². The molecule has 0 atom stereocenters. The van der Waals surface area contributed by atoms with Crippen LogP contribution < -0.4 is 4.31 Å². The zero-order valence-corrected chi connectivity index (χ0v) is 14.9. The van der Waals surface area contributed by atoms with Gasteiger partial charge in [0.1, 0.15) is 9.88 Å². The first kappa shape index (κ1) is 18.3. The van der Waals surface area contributed by atoms with Crippen molar-refractivity contribution in [3.05, 3.63) is 29.5 Å². The number of hydrogen-bond acceptors (Lipinski definition) is 8. The molecule has 0 aliphatic carbocycles. The Balaban J connectivity index is 1.86. The molecule has 3 rings (SSSR count). The Morgan fingerprint density at radius 1 is 1.31 bits per heavy atom. The van der Waals surface area contributed by atoms with E-state index < -0.39 is 22.1 Å². The number of aryl methyl sites for hydroxylation is 1. The third-order valence-electron chi connectivity index (χ3n) is 3.09. The number of nitrogens with zero attached hydrogens (tertiary/aromatic N) is 6. The summed E-state index contributed by atoms with van der Waals surface area (Å²) < 4.78 is 68.8. The number of sulfonamides is 1. The van der Waals surface area contributed by atoms with Crippen LogP contribution in [0.3, 0.4) is 0 Å². The number of thiazole rings is 1. The fourth-order valence-corrected chi connectivity index (χ4v) is 3.72. The summed E-state index contributed by atoms with van der Waals surface area (Å²) in [6.07, 6.45) is 0.429. The average Bonchev–Trinajstić information content (AvgIpc) is 3.22. The number of anilines is 1. The highest BCUT2D eigenvalue weighted by molar-refractivity contribution is 7.92. The fourth-order valence-electron chi connectivity index (χ4n) is 1.98. The van der Waals surface area contributed by atoms with Crippen LogP contribution in [0.25, 0.3) is 10.8 Å². The predicted molar refractivity (Wildman–Crippen MR) is 84.6 cm³/mol. The van der Waals surface area contributed by atoms with Gasteiger partial charge in [0.2, 0.25) is 10.0 Å². The highest BCUT2D eigenvalue weighted by Gasteiger charge is 2.38. The van der Waals surface area contributed by atoms with Gasteiger partial charge in [0, 0.05) is 13.2 Å². The Kier molecular flexibility index (Phi) is 4.47. The second kappa shape index (κ2) is 6.35. The molecule has 0 aliphatic heterocycles. The van der Waals surface area contributed by atoms with Crippen molar-refractivity contribution in [2.75, 3.05) is 10.6 Å². The van der Waals surface area contributed by atoms with Crippen LogP contribution in [0, 0.1) is 0 Å². The first-order chi connectivity index (χ1) is 12.0. The Labute approximate surface area is 149 Å². The Bertz CT molecular complexity index is 1020. The molecule has 0 saturated heterocycles. The summed E-state index contributed by atoms with van der Waals surface area (Å²) in [5.74, 6) is -1.80. The van der Waals surface area contributed by atoms with Crippen LogP contribution in [0.2, 0.25) is 0 Å². The number of rotatable bonds is 5. The Morgan fingerprint density at radius 3 is 2.58 bits per heavy atom. The van der Waals surface area contributed by atoms with Gasteiger partial charge in [-0.25, -0.2) is 13.4 Å². The van der Waals surface area contributed by atoms with Crippen molar-refractivity contribution >= 4 is 27.0 Å². The molecular weight excluding hydrogens is 397 g/mol. The van der Waals surface area contributed by atoms with Crippen LogP contribution in [0.15, 0.2) is 23.0 Å². The van der Waals surface area contributed by atoms with Gasteiger partial charge in [-0.2, -0.15) is 18.3 Å². The summed E-state index contributed by atoms with van der Waals surface area (Å²) in [6, 6.07) is 0. The maximum absolute atomic E-state index is 12.5. The van der Waals surface area contributed by atoms with Crippen molar-refractivity contribution in [1.82, 2.24) is 25.0 Å². The van der Waals surface area contributed by atoms with E-state index in [1.54, 1.807) is 7.05 Å². The average molecular weight is 408 g/mol. The standard InChI is InChI=1S/C12H11F3N6O3S2/c1-20-5-7(3-17-20)21(26(2,22)23)6-9-16-4-8(25-9)10-18-19-11(24-10)12(13,14)15/h3-5H,6H2,1-2H3. The number of aromatic nitrogens is 5. The third kappa shape index (κ3) is 3.85.